The largest absolute Gasteiger partial charge is 0.466 e. The third-order valence-electron chi connectivity index (χ3n) is 17.8. The molecule has 1 aliphatic heterocycles. The van der Waals surface area contributed by atoms with Crippen LogP contribution in [-0.4, -0.2) is 48.5 Å². The highest BCUT2D eigenvalue weighted by molar-refractivity contribution is 5.85. The van der Waals surface area contributed by atoms with Crippen LogP contribution in [0.5, 0.6) is 0 Å². The van der Waals surface area contributed by atoms with Gasteiger partial charge in [-0.1, -0.05) is 77.1 Å². The molecule has 6 aliphatic rings. The van der Waals surface area contributed by atoms with Crippen LogP contribution in [0.25, 0.3) is 0 Å². The van der Waals surface area contributed by atoms with E-state index < -0.39 is 5.41 Å². The lowest BCUT2D eigenvalue weighted by molar-refractivity contribution is -0.249. The summed E-state index contributed by atoms with van der Waals surface area (Å²) in [6.07, 6.45) is 12.8. The molecule has 1 amide bonds. The summed E-state index contributed by atoms with van der Waals surface area (Å²) in [6, 6.07) is 10.3. The van der Waals surface area contributed by atoms with Crippen LogP contribution >= 0.6 is 0 Å². The van der Waals surface area contributed by atoms with Gasteiger partial charge in [-0.15, -0.1) is 0 Å². The predicted octanol–water partition coefficient (Wildman–Crippen LogP) is 9.99. The summed E-state index contributed by atoms with van der Waals surface area (Å²) in [7, 11) is 0. The third-order valence-corrected chi connectivity index (χ3v) is 17.8. The standard InChI is InChI=1S/C47H69NO5/c1-10-52-41(51)46(30-33-14-12-11-13-15-33)26-28-48(29-27-46)40(50)47-23-18-34(31(2)3)39(47)35-16-17-37-43(7)21-20-38(53-32(4)49)42(5,6)36(43)19-22-45(37,9)44(35,8)24-25-47/h11-15,34-39H,2,10,16-30H2,1,3-9H3/t34-,35+,36-,37+,38-,39+,43-,44+,45+,47-/m0/s1. The van der Waals surface area contributed by atoms with E-state index in [9.17, 15) is 9.59 Å². The molecule has 6 heteroatoms. The minimum atomic E-state index is -0.597. The summed E-state index contributed by atoms with van der Waals surface area (Å²) < 4.78 is 11.7. The van der Waals surface area contributed by atoms with Gasteiger partial charge in [-0.3, -0.25) is 14.4 Å². The third kappa shape index (κ3) is 5.79. The van der Waals surface area contributed by atoms with Gasteiger partial charge in [0.15, 0.2) is 0 Å². The van der Waals surface area contributed by atoms with Crippen LogP contribution in [0.3, 0.4) is 0 Å². The average Bonchev–Trinajstić information content (AvgIpc) is 3.52. The number of ether oxygens (including phenoxy) is 2. The second-order valence-corrected chi connectivity index (χ2v) is 20.3. The number of esters is 2. The Morgan fingerprint density at radius 1 is 0.792 bits per heavy atom. The Bertz CT molecular complexity index is 1590. The molecule has 5 aliphatic carbocycles. The fraction of sp³-hybridized carbons (Fsp3) is 0.766. The highest BCUT2D eigenvalue weighted by Crippen LogP contribution is 2.77. The van der Waals surface area contributed by atoms with Crippen molar-refractivity contribution in [1.82, 2.24) is 4.90 Å². The van der Waals surface area contributed by atoms with E-state index in [4.69, 9.17) is 9.47 Å². The number of amides is 1. The quantitative estimate of drug-likeness (QED) is 0.207. The molecule has 0 spiro atoms. The van der Waals surface area contributed by atoms with E-state index in [-0.39, 0.29) is 45.1 Å². The maximum absolute atomic E-state index is 15.3. The number of piperidine rings is 1. The summed E-state index contributed by atoms with van der Waals surface area (Å²) in [6.45, 7) is 24.5. The highest BCUT2D eigenvalue weighted by atomic mass is 16.5. The van der Waals surface area contributed by atoms with E-state index >= 15 is 4.79 Å². The van der Waals surface area contributed by atoms with Crippen LogP contribution in [0.2, 0.25) is 0 Å². The molecule has 292 valence electrons. The van der Waals surface area contributed by atoms with Crippen molar-refractivity contribution < 1.29 is 23.9 Å². The topological polar surface area (TPSA) is 72.9 Å². The zero-order valence-electron chi connectivity index (χ0n) is 34.4. The van der Waals surface area contributed by atoms with Gasteiger partial charge in [0.2, 0.25) is 5.91 Å². The highest BCUT2D eigenvalue weighted by Gasteiger charge is 2.72. The summed E-state index contributed by atoms with van der Waals surface area (Å²) in [4.78, 5) is 43.2. The molecule has 1 heterocycles. The van der Waals surface area contributed by atoms with Gasteiger partial charge in [-0.25, -0.2) is 0 Å². The van der Waals surface area contributed by atoms with Crippen molar-refractivity contribution in [3.05, 3.63) is 48.0 Å². The van der Waals surface area contributed by atoms with Crippen LogP contribution < -0.4 is 0 Å². The number of nitrogens with zero attached hydrogens (tertiary/aromatic N) is 1. The Morgan fingerprint density at radius 3 is 2.13 bits per heavy atom. The molecule has 0 unspecified atom stereocenters. The van der Waals surface area contributed by atoms with Gasteiger partial charge in [0.05, 0.1) is 17.4 Å². The molecule has 0 radical (unpaired) electrons. The lowest BCUT2D eigenvalue weighted by atomic mass is 9.32. The first kappa shape index (κ1) is 38.6. The lowest BCUT2D eigenvalue weighted by Gasteiger charge is -2.73. The molecular formula is C47H69NO5. The van der Waals surface area contributed by atoms with Crippen LogP contribution in [-0.2, 0) is 30.3 Å². The number of carbonyl (C=O) groups is 3. The van der Waals surface area contributed by atoms with E-state index in [2.05, 4.69) is 65.2 Å². The minimum Gasteiger partial charge on any atom is -0.466 e. The van der Waals surface area contributed by atoms with E-state index in [1.165, 1.54) is 31.3 Å². The number of benzene rings is 1. The Morgan fingerprint density at radius 2 is 1.49 bits per heavy atom. The first-order chi connectivity index (χ1) is 25.0. The van der Waals surface area contributed by atoms with Gasteiger partial charge < -0.3 is 14.4 Å². The SMILES string of the molecule is C=C(C)[C@@H]1CC[C@]2(C(=O)N3CCC(Cc4ccccc4)(C(=O)OCC)CC3)CC[C@]3(C)[C@H](CC[C@@H]4[C@@]5(C)CC[C@H](OC(C)=O)C(C)(C)[C@@H]5CC[C@]43C)[C@@H]12. The fourth-order valence-electron chi connectivity index (χ4n) is 15.1. The molecule has 0 bridgehead atoms. The fourth-order valence-corrected chi connectivity index (χ4v) is 15.1. The minimum absolute atomic E-state index is 0.0129. The molecule has 1 aromatic rings. The summed E-state index contributed by atoms with van der Waals surface area (Å²) in [5, 5.41) is 0. The van der Waals surface area contributed by atoms with Gasteiger partial charge in [-0.2, -0.15) is 0 Å². The molecule has 0 aromatic heterocycles. The molecule has 6 fully saturated rings. The Balaban J connectivity index is 1.16. The van der Waals surface area contributed by atoms with Crippen LogP contribution in [0.1, 0.15) is 138 Å². The van der Waals surface area contributed by atoms with Crippen LogP contribution in [0.4, 0.5) is 0 Å². The Kier molecular flexibility index (Phi) is 9.87. The zero-order chi connectivity index (χ0) is 38.2. The van der Waals surface area contributed by atoms with Crippen molar-refractivity contribution in [1.29, 1.82) is 0 Å². The normalized spacial score (nSPS) is 41.2. The zero-order valence-corrected chi connectivity index (χ0v) is 34.4. The second kappa shape index (κ2) is 13.5. The summed E-state index contributed by atoms with van der Waals surface area (Å²) in [5.74, 6) is 2.40. The van der Waals surface area contributed by atoms with E-state index in [1.54, 1.807) is 6.92 Å². The number of rotatable bonds is 7. The van der Waals surface area contributed by atoms with Crippen molar-refractivity contribution in [2.75, 3.05) is 19.7 Å². The number of fused-ring (bicyclic) bond motifs is 7. The molecule has 10 atom stereocenters. The van der Waals surface area contributed by atoms with Gasteiger partial charge in [-0.05, 0) is 149 Å². The maximum Gasteiger partial charge on any atom is 0.312 e. The first-order valence-electron chi connectivity index (χ1n) is 21.3. The number of hydrogen-bond acceptors (Lipinski definition) is 5. The lowest BCUT2D eigenvalue weighted by Crippen LogP contribution is -2.67. The van der Waals surface area contributed by atoms with Crippen LogP contribution in [0, 0.1) is 62.1 Å². The number of allylic oxidation sites excluding steroid dienone is 1. The molecule has 6 nitrogen and oxygen atoms in total. The summed E-state index contributed by atoms with van der Waals surface area (Å²) in [5.41, 5.74) is 1.93. The second-order valence-electron chi connectivity index (χ2n) is 20.3. The molecule has 7 rings (SSSR count). The number of likely N-dealkylation sites (tertiary alicyclic amines) is 1. The van der Waals surface area contributed by atoms with E-state index in [0.717, 1.165) is 44.1 Å². The molecule has 1 aromatic carbocycles. The smallest absolute Gasteiger partial charge is 0.312 e. The van der Waals surface area contributed by atoms with Gasteiger partial charge in [0, 0.05) is 25.4 Å². The molecule has 53 heavy (non-hydrogen) atoms. The number of carbonyl (C=O) groups excluding carboxylic acids is 3. The van der Waals surface area contributed by atoms with E-state index in [0.29, 0.717) is 74.5 Å². The summed E-state index contributed by atoms with van der Waals surface area (Å²) >= 11 is 0. The number of hydrogen-bond donors (Lipinski definition) is 0. The molecule has 5 saturated carbocycles. The van der Waals surface area contributed by atoms with Crippen molar-refractivity contribution in [3.63, 3.8) is 0 Å². The molecule has 1 saturated heterocycles. The predicted molar refractivity (Wildman–Crippen MR) is 210 cm³/mol. The first-order valence-corrected chi connectivity index (χ1v) is 21.3. The van der Waals surface area contributed by atoms with Gasteiger partial charge in [0.25, 0.3) is 0 Å². The van der Waals surface area contributed by atoms with Crippen molar-refractivity contribution in [2.24, 2.45) is 62.1 Å². The van der Waals surface area contributed by atoms with Crippen molar-refractivity contribution in [3.8, 4) is 0 Å². The maximum atomic E-state index is 15.3. The average molecular weight is 728 g/mol. The Labute approximate surface area is 320 Å². The molecular weight excluding hydrogens is 659 g/mol. The molecule has 0 N–H and O–H groups in total. The van der Waals surface area contributed by atoms with Gasteiger partial charge in [0.1, 0.15) is 6.10 Å². The van der Waals surface area contributed by atoms with E-state index in [1.807, 2.05) is 25.1 Å². The monoisotopic (exact) mass is 728 g/mol. The van der Waals surface area contributed by atoms with Crippen molar-refractivity contribution in [2.45, 2.75) is 145 Å². The van der Waals surface area contributed by atoms with Gasteiger partial charge >= 0.3 is 11.9 Å². The Hall–Kier alpha value is -2.63. The van der Waals surface area contributed by atoms with Crippen molar-refractivity contribution >= 4 is 17.8 Å². The van der Waals surface area contributed by atoms with Crippen LogP contribution in [0.15, 0.2) is 42.5 Å².